The van der Waals surface area contributed by atoms with E-state index in [4.69, 9.17) is 0 Å². The van der Waals surface area contributed by atoms with E-state index >= 15 is 0 Å². The first-order valence-electron chi connectivity index (χ1n) is 8.69. The molecule has 0 radical (unpaired) electrons. The van der Waals surface area contributed by atoms with Crippen LogP contribution in [-0.2, 0) is 0 Å². The van der Waals surface area contributed by atoms with Gasteiger partial charge in [0.05, 0.1) is 4.75 Å². The van der Waals surface area contributed by atoms with Crippen molar-refractivity contribution in [3.05, 3.63) is 0 Å². The van der Waals surface area contributed by atoms with Gasteiger partial charge in [-0.3, -0.25) is 0 Å². The fraction of sp³-hybridized carbons (Fsp3) is 0.941. The molecule has 4 bridgehead atoms. The Balaban J connectivity index is 1.48. The number of hydrogen-bond acceptors (Lipinski definition) is 4. The lowest BCUT2D eigenvalue weighted by molar-refractivity contribution is -0.0887. The minimum absolute atomic E-state index is 0.254. The third-order valence-electron chi connectivity index (χ3n) is 6.70. The molecule has 0 saturated heterocycles. The summed E-state index contributed by atoms with van der Waals surface area (Å²) in [5.74, 6) is 1.85. The number of aliphatic imine (C=N–C) groups is 1. The minimum atomic E-state index is -0.884. The van der Waals surface area contributed by atoms with Crippen LogP contribution in [0.25, 0.3) is 0 Å². The van der Waals surface area contributed by atoms with E-state index in [1.807, 2.05) is 0 Å². The molecule has 0 spiro atoms. The summed E-state index contributed by atoms with van der Waals surface area (Å²) in [5, 5.41) is 14.8. The smallest absolute Gasteiger partial charge is 0.163 e. The first-order chi connectivity index (χ1) is 10.3. The molecule has 1 aliphatic heterocycles. The molecule has 3 nitrogen and oxygen atoms in total. The Morgan fingerprint density at radius 2 is 1.91 bits per heavy atom. The second-order valence-corrected chi connectivity index (χ2v) is 10.0. The maximum Gasteiger partial charge on any atom is 0.163 e. The van der Waals surface area contributed by atoms with Gasteiger partial charge in [0.1, 0.15) is 5.67 Å². The maximum absolute atomic E-state index is 14.8. The van der Waals surface area contributed by atoms with E-state index in [1.165, 1.54) is 12.8 Å². The van der Waals surface area contributed by atoms with Gasteiger partial charge in [-0.25, -0.2) is 9.38 Å². The highest BCUT2D eigenvalue weighted by Crippen LogP contribution is 2.57. The zero-order chi connectivity index (χ0) is 15.7. The van der Waals surface area contributed by atoms with Crippen LogP contribution in [0, 0.1) is 23.7 Å². The number of amidine groups is 1. The average Bonchev–Trinajstić information content (AvgIpc) is 2.68. The molecule has 4 aliphatic carbocycles. The van der Waals surface area contributed by atoms with Crippen molar-refractivity contribution < 1.29 is 9.50 Å². The number of nitrogens with one attached hydrogen (secondary N) is 1. The van der Waals surface area contributed by atoms with Crippen LogP contribution < -0.4 is 5.32 Å². The van der Waals surface area contributed by atoms with Gasteiger partial charge in [0.25, 0.3) is 0 Å². The van der Waals surface area contributed by atoms with Gasteiger partial charge in [0.2, 0.25) is 0 Å². The lowest BCUT2D eigenvalue weighted by Crippen LogP contribution is -2.60. The number of halogens is 1. The summed E-state index contributed by atoms with van der Waals surface area (Å²) >= 11 is 1.67. The minimum Gasteiger partial charge on any atom is -0.370 e. The standard InChI is InChI=1S/C17H27FN2OS/c1-9(2)16(3)14(21)20-15(22-16)19-13-11-4-10-5-12(13)8-17(18,6-10)7-11/h9-14,21H,4-8H2,1-3H3,(H,19,20). The van der Waals surface area contributed by atoms with Crippen LogP contribution in [0.1, 0.15) is 52.9 Å². The largest absolute Gasteiger partial charge is 0.370 e. The molecule has 4 fully saturated rings. The number of thioether (sulfide) groups is 1. The second kappa shape index (κ2) is 4.85. The Bertz CT molecular complexity index is 495. The topological polar surface area (TPSA) is 44.6 Å². The monoisotopic (exact) mass is 326 g/mol. The molecule has 4 unspecified atom stereocenters. The third-order valence-corrected chi connectivity index (χ3v) is 8.24. The molecule has 0 aromatic rings. The SMILES string of the molecule is CC(C)C1(C)SC(NC2C3CC4CC2CC(F)(C4)C3)=NC1O. The van der Waals surface area contributed by atoms with Crippen molar-refractivity contribution >= 4 is 16.9 Å². The Labute approximate surface area is 136 Å². The van der Waals surface area contributed by atoms with Gasteiger partial charge in [-0.2, -0.15) is 0 Å². The van der Waals surface area contributed by atoms with Gasteiger partial charge in [-0.05, 0) is 62.7 Å². The van der Waals surface area contributed by atoms with E-state index in [0.29, 0.717) is 29.7 Å². The van der Waals surface area contributed by atoms with E-state index in [0.717, 1.165) is 24.4 Å². The number of aliphatic hydroxyl groups is 1. The van der Waals surface area contributed by atoms with Crippen LogP contribution in [0.5, 0.6) is 0 Å². The molecule has 1 heterocycles. The van der Waals surface area contributed by atoms with Crippen molar-refractivity contribution in [2.24, 2.45) is 28.7 Å². The molecule has 0 aromatic carbocycles. The van der Waals surface area contributed by atoms with Gasteiger partial charge in [-0.15, -0.1) is 0 Å². The molecule has 5 heteroatoms. The van der Waals surface area contributed by atoms with E-state index in [9.17, 15) is 9.50 Å². The van der Waals surface area contributed by atoms with Crippen molar-refractivity contribution in [2.75, 3.05) is 0 Å². The Kier molecular flexibility index (Phi) is 3.37. The van der Waals surface area contributed by atoms with Gasteiger partial charge in [0, 0.05) is 6.04 Å². The summed E-state index contributed by atoms with van der Waals surface area (Å²) in [6.07, 6.45) is 3.93. The highest BCUT2D eigenvalue weighted by molar-refractivity contribution is 8.15. The summed E-state index contributed by atoms with van der Waals surface area (Å²) in [7, 11) is 0. The summed E-state index contributed by atoms with van der Waals surface area (Å²) < 4.78 is 14.5. The summed E-state index contributed by atoms with van der Waals surface area (Å²) in [4.78, 5) is 4.46. The molecule has 0 amide bonds. The highest BCUT2D eigenvalue weighted by Gasteiger charge is 2.56. The van der Waals surface area contributed by atoms with Gasteiger partial charge < -0.3 is 10.4 Å². The molecule has 4 saturated carbocycles. The van der Waals surface area contributed by atoms with Crippen LogP contribution >= 0.6 is 11.8 Å². The lowest BCUT2D eigenvalue weighted by atomic mass is 9.53. The van der Waals surface area contributed by atoms with Crippen LogP contribution in [0.4, 0.5) is 4.39 Å². The van der Waals surface area contributed by atoms with Crippen molar-refractivity contribution in [3.63, 3.8) is 0 Å². The third kappa shape index (κ3) is 2.22. The van der Waals surface area contributed by atoms with Gasteiger partial charge in [0.15, 0.2) is 11.4 Å². The number of aliphatic hydroxyl groups excluding tert-OH is 1. The van der Waals surface area contributed by atoms with Crippen molar-refractivity contribution in [1.29, 1.82) is 0 Å². The van der Waals surface area contributed by atoms with Crippen LogP contribution in [0.3, 0.4) is 0 Å². The number of alkyl halides is 1. The molecule has 5 aliphatic rings. The summed E-state index contributed by atoms with van der Waals surface area (Å²) in [6, 6.07) is 0.355. The first kappa shape index (κ1) is 15.3. The van der Waals surface area contributed by atoms with Crippen LogP contribution in [0.2, 0.25) is 0 Å². The molecule has 22 heavy (non-hydrogen) atoms. The van der Waals surface area contributed by atoms with E-state index in [1.54, 1.807) is 11.8 Å². The van der Waals surface area contributed by atoms with E-state index < -0.39 is 11.9 Å². The molecular formula is C17H27FN2OS. The number of rotatable bonds is 2. The lowest BCUT2D eigenvalue weighted by Gasteiger charge is -2.57. The van der Waals surface area contributed by atoms with Crippen molar-refractivity contribution in [2.45, 2.75) is 75.6 Å². The number of nitrogens with zero attached hydrogens (tertiary/aromatic N) is 1. The zero-order valence-corrected chi connectivity index (χ0v) is 14.5. The average molecular weight is 326 g/mol. The van der Waals surface area contributed by atoms with Gasteiger partial charge in [-0.1, -0.05) is 25.6 Å². The quantitative estimate of drug-likeness (QED) is 0.818. The summed E-state index contributed by atoms with van der Waals surface area (Å²) in [6.45, 7) is 6.34. The Morgan fingerprint density at radius 3 is 2.41 bits per heavy atom. The van der Waals surface area contributed by atoms with E-state index in [2.05, 4.69) is 31.1 Å². The zero-order valence-electron chi connectivity index (χ0n) is 13.7. The molecule has 2 N–H and O–H groups in total. The first-order valence-corrected chi connectivity index (χ1v) is 9.51. The van der Waals surface area contributed by atoms with Crippen LogP contribution in [0.15, 0.2) is 4.99 Å². The predicted molar refractivity (Wildman–Crippen MR) is 88.6 cm³/mol. The fourth-order valence-corrected chi connectivity index (χ4v) is 6.47. The maximum atomic E-state index is 14.8. The number of hydrogen-bond donors (Lipinski definition) is 2. The second-order valence-electron chi connectivity index (χ2n) is 8.54. The Hall–Kier alpha value is -0.290. The van der Waals surface area contributed by atoms with E-state index in [-0.39, 0.29) is 4.75 Å². The van der Waals surface area contributed by atoms with Crippen LogP contribution in [-0.4, -0.2) is 33.0 Å². The van der Waals surface area contributed by atoms with Crippen molar-refractivity contribution in [1.82, 2.24) is 5.32 Å². The van der Waals surface area contributed by atoms with Gasteiger partial charge >= 0.3 is 0 Å². The Morgan fingerprint density at radius 1 is 1.27 bits per heavy atom. The molecule has 0 aromatic heterocycles. The molecule has 124 valence electrons. The fourth-order valence-electron chi connectivity index (χ4n) is 5.31. The molecule has 4 atom stereocenters. The van der Waals surface area contributed by atoms with Crippen molar-refractivity contribution in [3.8, 4) is 0 Å². The molecular weight excluding hydrogens is 299 g/mol. The predicted octanol–water partition coefficient (Wildman–Crippen LogP) is 3.33. The summed E-state index contributed by atoms with van der Waals surface area (Å²) in [5.41, 5.74) is -0.884. The normalized spacial score (nSPS) is 53.2. The molecule has 5 rings (SSSR count). The highest BCUT2D eigenvalue weighted by atomic mass is 32.2.